The standard InChI is InChI=1S/C18H22Cl2N2O6/c1-2-13(22(26)27)10-12-7-8-14(18(20)17(12)19)28-9-5-3-4-6-15(23)21-11-16(24)25/h7-8,10H,2-6,9,11H2,1H3,(H,21,23)(H,24,25). The largest absolute Gasteiger partial charge is 0.492 e. The Balaban J connectivity index is 2.47. The number of rotatable bonds is 12. The molecule has 154 valence electrons. The van der Waals surface area contributed by atoms with Crippen LogP contribution in [0.4, 0.5) is 0 Å². The van der Waals surface area contributed by atoms with E-state index in [2.05, 4.69) is 5.32 Å². The zero-order valence-corrected chi connectivity index (χ0v) is 16.9. The van der Waals surface area contributed by atoms with E-state index >= 15 is 0 Å². The van der Waals surface area contributed by atoms with E-state index in [1.807, 2.05) is 0 Å². The lowest BCUT2D eigenvalue weighted by atomic mass is 10.1. The van der Waals surface area contributed by atoms with Gasteiger partial charge in [0.15, 0.2) is 0 Å². The molecule has 28 heavy (non-hydrogen) atoms. The maximum Gasteiger partial charge on any atom is 0.322 e. The fourth-order valence-corrected chi connectivity index (χ4v) is 2.68. The van der Waals surface area contributed by atoms with Crippen molar-refractivity contribution >= 4 is 41.2 Å². The summed E-state index contributed by atoms with van der Waals surface area (Å²) in [7, 11) is 0. The highest BCUT2D eigenvalue weighted by molar-refractivity contribution is 6.43. The Labute approximate surface area is 172 Å². The Morgan fingerprint density at radius 1 is 1.25 bits per heavy atom. The van der Waals surface area contributed by atoms with Crippen LogP contribution in [0.25, 0.3) is 6.08 Å². The lowest BCUT2D eigenvalue weighted by Crippen LogP contribution is -2.28. The number of allylic oxidation sites excluding steroid dienone is 1. The van der Waals surface area contributed by atoms with Gasteiger partial charge in [-0.05, 0) is 31.4 Å². The molecular formula is C18H22Cl2N2O6. The number of carbonyl (C=O) groups excluding carboxylic acids is 1. The topological polar surface area (TPSA) is 119 Å². The molecule has 0 aliphatic rings. The normalized spacial score (nSPS) is 11.2. The van der Waals surface area contributed by atoms with Crippen molar-refractivity contribution in [1.82, 2.24) is 5.32 Å². The van der Waals surface area contributed by atoms with Gasteiger partial charge in [0.25, 0.3) is 0 Å². The first-order valence-corrected chi connectivity index (χ1v) is 9.46. The zero-order chi connectivity index (χ0) is 21.1. The first-order chi connectivity index (χ1) is 13.3. The fourth-order valence-electron chi connectivity index (χ4n) is 2.24. The van der Waals surface area contributed by atoms with Crippen LogP contribution in [0.5, 0.6) is 5.75 Å². The number of unbranched alkanes of at least 4 members (excludes halogenated alkanes) is 2. The van der Waals surface area contributed by atoms with Gasteiger partial charge in [-0.15, -0.1) is 0 Å². The van der Waals surface area contributed by atoms with Gasteiger partial charge in [0, 0.05) is 24.5 Å². The number of hydrogen-bond acceptors (Lipinski definition) is 5. The summed E-state index contributed by atoms with van der Waals surface area (Å²) in [6, 6.07) is 3.21. The van der Waals surface area contributed by atoms with Gasteiger partial charge in [-0.1, -0.05) is 30.1 Å². The molecule has 0 atom stereocenters. The molecule has 0 saturated carbocycles. The van der Waals surface area contributed by atoms with Gasteiger partial charge in [0.05, 0.1) is 16.6 Å². The summed E-state index contributed by atoms with van der Waals surface area (Å²) in [6.45, 7) is 1.66. The van der Waals surface area contributed by atoms with Gasteiger partial charge in [0.1, 0.15) is 17.3 Å². The molecule has 0 fully saturated rings. The second-order valence-corrected chi connectivity index (χ2v) is 6.61. The van der Waals surface area contributed by atoms with Gasteiger partial charge in [-0.3, -0.25) is 19.7 Å². The van der Waals surface area contributed by atoms with Gasteiger partial charge >= 0.3 is 5.97 Å². The highest BCUT2D eigenvalue weighted by atomic mass is 35.5. The quantitative estimate of drug-likeness (QED) is 0.290. The molecule has 0 heterocycles. The molecule has 0 spiro atoms. The Morgan fingerprint density at radius 3 is 2.57 bits per heavy atom. The smallest absolute Gasteiger partial charge is 0.322 e. The van der Waals surface area contributed by atoms with Crippen molar-refractivity contribution in [1.29, 1.82) is 0 Å². The van der Waals surface area contributed by atoms with Crippen LogP contribution in [-0.4, -0.2) is 35.1 Å². The molecule has 0 aliphatic carbocycles. The maximum absolute atomic E-state index is 11.4. The number of carboxylic acid groups (broad SMARTS) is 1. The van der Waals surface area contributed by atoms with E-state index in [0.29, 0.717) is 30.8 Å². The average Bonchev–Trinajstić information content (AvgIpc) is 2.65. The monoisotopic (exact) mass is 432 g/mol. The average molecular weight is 433 g/mol. The maximum atomic E-state index is 11.4. The van der Waals surface area contributed by atoms with E-state index < -0.39 is 10.9 Å². The zero-order valence-electron chi connectivity index (χ0n) is 15.4. The molecule has 1 rings (SSSR count). The number of nitrogens with zero attached hydrogens (tertiary/aromatic N) is 1. The van der Waals surface area contributed by atoms with Crippen LogP contribution in [0.1, 0.15) is 44.6 Å². The Bertz CT molecular complexity index is 752. The second-order valence-electron chi connectivity index (χ2n) is 5.86. The first kappa shape index (κ1) is 23.7. The summed E-state index contributed by atoms with van der Waals surface area (Å²) in [5, 5.41) is 22.0. The van der Waals surface area contributed by atoms with Gasteiger partial charge in [-0.25, -0.2) is 0 Å². The molecule has 10 heteroatoms. The number of amides is 1. The molecule has 0 saturated heterocycles. The van der Waals surface area contributed by atoms with E-state index in [0.717, 1.165) is 6.42 Å². The van der Waals surface area contributed by atoms with Crippen molar-refractivity contribution in [2.24, 2.45) is 0 Å². The van der Waals surface area contributed by atoms with Crippen LogP contribution in [0.3, 0.4) is 0 Å². The van der Waals surface area contributed by atoms with Crippen molar-refractivity contribution < 1.29 is 24.4 Å². The Morgan fingerprint density at radius 2 is 1.96 bits per heavy atom. The summed E-state index contributed by atoms with van der Waals surface area (Å²) in [5.41, 5.74) is 0.471. The summed E-state index contributed by atoms with van der Waals surface area (Å²) in [6.07, 6.45) is 3.88. The fraction of sp³-hybridized carbons (Fsp3) is 0.444. The number of ether oxygens (including phenoxy) is 1. The third kappa shape index (κ3) is 8.14. The summed E-state index contributed by atoms with van der Waals surface area (Å²) < 4.78 is 5.59. The Kier molecular flexibility index (Phi) is 10.3. The van der Waals surface area contributed by atoms with Crippen LogP contribution >= 0.6 is 23.2 Å². The van der Waals surface area contributed by atoms with Gasteiger partial charge in [-0.2, -0.15) is 0 Å². The number of carboxylic acids is 1. The highest BCUT2D eigenvalue weighted by Gasteiger charge is 2.14. The molecule has 1 aromatic rings. The highest BCUT2D eigenvalue weighted by Crippen LogP contribution is 2.36. The SMILES string of the molecule is CCC(=Cc1ccc(OCCCCCC(=O)NCC(=O)O)c(Cl)c1Cl)[N+](=O)[O-]. The van der Waals surface area contributed by atoms with Crippen molar-refractivity contribution in [2.45, 2.75) is 39.0 Å². The van der Waals surface area contributed by atoms with E-state index in [-0.39, 0.29) is 41.0 Å². The third-order valence-corrected chi connectivity index (χ3v) is 4.62. The van der Waals surface area contributed by atoms with Crippen LogP contribution in [0, 0.1) is 10.1 Å². The lowest BCUT2D eigenvalue weighted by molar-refractivity contribution is -0.425. The number of hydrogen-bond donors (Lipinski definition) is 2. The second kappa shape index (κ2) is 12.2. The van der Waals surface area contributed by atoms with Crippen LogP contribution in [0.15, 0.2) is 17.8 Å². The Hall–Kier alpha value is -2.32. The predicted molar refractivity (Wildman–Crippen MR) is 106 cm³/mol. The number of halogens is 2. The first-order valence-electron chi connectivity index (χ1n) is 8.70. The van der Waals surface area contributed by atoms with Gasteiger partial charge in [0.2, 0.25) is 11.6 Å². The molecule has 8 nitrogen and oxygen atoms in total. The van der Waals surface area contributed by atoms with Crippen molar-refractivity contribution in [2.75, 3.05) is 13.2 Å². The van der Waals surface area contributed by atoms with Gasteiger partial charge < -0.3 is 15.2 Å². The number of nitro groups is 1. The number of carbonyl (C=O) groups is 2. The molecule has 1 amide bonds. The molecular weight excluding hydrogens is 411 g/mol. The molecule has 2 N–H and O–H groups in total. The summed E-state index contributed by atoms with van der Waals surface area (Å²) in [5.74, 6) is -1.01. The van der Waals surface area contributed by atoms with Crippen molar-refractivity contribution in [3.63, 3.8) is 0 Å². The molecule has 0 radical (unpaired) electrons. The van der Waals surface area contributed by atoms with E-state index in [1.54, 1.807) is 19.1 Å². The van der Waals surface area contributed by atoms with Crippen LogP contribution in [0.2, 0.25) is 10.0 Å². The molecule has 0 aliphatic heterocycles. The molecule has 0 unspecified atom stereocenters. The molecule has 0 bridgehead atoms. The lowest BCUT2D eigenvalue weighted by Gasteiger charge is -2.10. The summed E-state index contributed by atoms with van der Waals surface area (Å²) >= 11 is 12.4. The number of aliphatic carboxylic acids is 1. The van der Waals surface area contributed by atoms with Crippen LogP contribution < -0.4 is 10.1 Å². The molecule has 0 aromatic heterocycles. The van der Waals surface area contributed by atoms with Crippen LogP contribution in [-0.2, 0) is 9.59 Å². The minimum absolute atomic E-state index is 0.0269. The van der Waals surface area contributed by atoms with Crippen molar-refractivity contribution in [3.8, 4) is 5.75 Å². The number of nitrogens with one attached hydrogen (secondary N) is 1. The third-order valence-electron chi connectivity index (χ3n) is 3.74. The molecule has 1 aromatic carbocycles. The summed E-state index contributed by atoms with van der Waals surface area (Å²) in [4.78, 5) is 32.2. The number of benzene rings is 1. The predicted octanol–water partition coefficient (Wildman–Crippen LogP) is 4.16. The minimum Gasteiger partial charge on any atom is -0.492 e. The van der Waals surface area contributed by atoms with E-state index in [9.17, 15) is 19.7 Å². The minimum atomic E-state index is -1.08. The van der Waals surface area contributed by atoms with E-state index in [4.69, 9.17) is 33.0 Å². The van der Waals surface area contributed by atoms with Crippen molar-refractivity contribution in [3.05, 3.63) is 43.6 Å². The van der Waals surface area contributed by atoms with E-state index in [1.165, 1.54) is 6.08 Å².